The number of benzene rings is 2. The Balaban J connectivity index is 1.88. The maximum atomic E-state index is 12.7. The van der Waals surface area contributed by atoms with Crippen LogP contribution in [0.4, 0.5) is 13.2 Å². The smallest absolute Gasteiger partial charge is 0.405 e. The molecule has 3 nitrogen and oxygen atoms in total. The lowest BCUT2D eigenvalue weighted by atomic mass is 10.1. The number of halogens is 3. The number of alkyl halides is 3. The molecule has 0 bridgehead atoms. The van der Waals surface area contributed by atoms with Crippen LogP contribution in [0.5, 0.6) is 5.75 Å². The molecule has 2 atom stereocenters. The Labute approximate surface area is 148 Å². The van der Waals surface area contributed by atoms with Gasteiger partial charge in [0, 0.05) is 13.1 Å². The van der Waals surface area contributed by atoms with Gasteiger partial charge in [0.25, 0.3) is 0 Å². The molecule has 0 radical (unpaired) electrons. The number of nitrogens with one attached hydrogen (secondary N) is 1. The van der Waals surface area contributed by atoms with Gasteiger partial charge in [0.15, 0.2) is 0 Å². The fourth-order valence-corrected chi connectivity index (χ4v) is 3.95. The molecular formula is C18H18F3NO2S. The molecule has 7 heteroatoms. The van der Waals surface area contributed by atoms with Crippen LogP contribution in [0.1, 0.15) is 10.8 Å². The number of ether oxygens (including phenoxy) is 2. The first-order chi connectivity index (χ1) is 12.0. The van der Waals surface area contributed by atoms with E-state index in [4.69, 9.17) is 4.74 Å². The monoisotopic (exact) mass is 369 g/mol. The molecule has 0 spiro atoms. The Hall–Kier alpha value is -1.70. The molecule has 1 saturated heterocycles. The first-order valence-corrected chi connectivity index (χ1v) is 8.79. The van der Waals surface area contributed by atoms with Gasteiger partial charge < -0.3 is 14.8 Å². The maximum absolute atomic E-state index is 12.7. The fraction of sp³-hybridized carbons (Fsp3) is 0.333. The topological polar surface area (TPSA) is 30.5 Å². The minimum atomic E-state index is -4.72. The van der Waals surface area contributed by atoms with Gasteiger partial charge in [-0.05, 0) is 17.7 Å². The first kappa shape index (κ1) is 18.1. The van der Waals surface area contributed by atoms with Gasteiger partial charge in [-0.15, -0.1) is 24.9 Å². The van der Waals surface area contributed by atoms with Gasteiger partial charge in [-0.2, -0.15) is 0 Å². The number of para-hydroxylation sites is 1. The number of thioether (sulfide) groups is 1. The lowest BCUT2D eigenvalue weighted by Crippen LogP contribution is -2.41. The van der Waals surface area contributed by atoms with E-state index >= 15 is 0 Å². The number of hydrogen-bond acceptors (Lipinski definition) is 4. The summed E-state index contributed by atoms with van der Waals surface area (Å²) in [5, 5.41) is 3.13. The van der Waals surface area contributed by atoms with Crippen LogP contribution in [-0.2, 0) is 4.74 Å². The molecule has 1 fully saturated rings. The summed E-state index contributed by atoms with van der Waals surface area (Å²) >= 11 is 1.33. The van der Waals surface area contributed by atoms with Crippen molar-refractivity contribution in [1.82, 2.24) is 5.32 Å². The molecule has 1 aliphatic rings. The van der Waals surface area contributed by atoms with E-state index in [1.54, 1.807) is 12.1 Å². The molecule has 0 saturated carbocycles. The first-order valence-electron chi connectivity index (χ1n) is 7.91. The molecule has 0 aromatic heterocycles. The van der Waals surface area contributed by atoms with Gasteiger partial charge in [0.05, 0.1) is 22.9 Å². The van der Waals surface area contributed by atoms with E-state index in [0.717, 1.165) is 12.1 Å². The predicted octanol–water partition coefficient (Wildman–Crippen LogP) is 4.41. The van der Waals surface area contributed by atoms with Crippen molar-refractivity contribution in [1.29, 1.82) is 0 Å². The van der Waals surface area contributed by atoms with Crippen LogP contribution >= 0.6 is 11.8 Å². The molecule has 1 aliphatic heterocycles. The van der Waals surface area contributed by atoms with Crippen molar-refractivity contribution < 1.29 is 22.6 Å². The van der Waals surface area contributed by atoms with Gasteiger partial charge >= 0.3 is 6.36 Å². The lowest BCUT2D eigenvalue weighted by molar-refractivity contribution is -0.275. The molecule has 1 heterocycles. The zero-order valence-electron chi connectivity index (χ0n) is 13.3. The van der Waals surface area contributed by atoms with E-state index in [9.17, 15) is 13.2 Å². The largest absolute Gasteiger partial charge is 0.573 e. The van der Waals surface area contributed by atoms with Crippen molar-refractivity contribution in [2.45, 2.75) is 22.6 Å². The van der Waals surface area contributed by atoms with Crippen LogP contribution in [0.25, 0.3) is 0 Å². The Bertz CT molecular complexity index is 676. The lowest BCUT2D eigenvalue weighted by Gasteiger charge is -2.31. The minimum absolute atomic E-state index is 0.139. The van der Waals surface area contributed by atoms with Gasteiger partial charge in [-0.1, -0.05) is 42.5 Å². The maximum Gasteiger partial charge on any atom is 0.573 e. The zero-order chi connectivity index (χ0) is 17.7. The quantitative estimate of drug-likeness (QED) is 0.791. The third kappa shape index (κ3) is 5.14. The molecule has 0 amide bonds. The summed E-state index contributed by atoms with van der Waals surface area (Å²) in [4.78, 5) is 0.433. The molecule has 25 heavy (non-hydrogen) atoms. The van der Waals surface area contributed by atoms with Crippen molar-refractivity contribution in [3.8, 4) is 5.75 Å². The van der Waals surface area contributed by atoms with E-state index in [-0.39, 0.29) is 17.1 Å². The fourth-order valence-electron chi connectivity index (χ4n) is 2.67. The van der Waals surface area contributed by atoms with Gasteiger partial charge in [-0.25, -0.2) is 0 Å². The number of morpholine rings is 1. The molecule has 2 aromatic rings. The summed E-state index contributed by atoms with van der Waals surface area (Å²) in [5.41, 5.74) is 1.00. The summed E-state index contributed by atoms with van der Waals surface area (Å²) in [7, 11) is 0. The Morgan fingerprint density at radius 2 is 1.80 bits per heavy atom. The van der Waals surface area contributed by atoms with Crippen molar-refractivity contribution in [2.24, 2.45) is 0 Å². The summed E-state index contributed by atoms with van der Waals surface area (Å²) in [6.07, 6.45) is -4.86. The van der Waals surface area contributed by atoms with Crippen molar-refractivity contribution in [3.05, 3.63) is 60.2 Å². The SMILES string of the molecule is FC(F)(F)Oc1ccccc1S[C@@H](c1ccccc1)[C@@H]1CNCCO1. The van der Waals surface area contributed by atoms with E-state index < -0.39 is 6.36 Å². The van der Waals surface area contributed by atoms with Gasteiger partial charge in [0.2, 0.25) is 0 Å². The summed E-state index contributed by atoms with van der Waals surface area (Å²) < 4.78 is 48.1. The van der Waals surface area contributed by atoms with Gasteiger partial charge in [-0.3, -0.25) is 0 Å². The molecule has 134 valence electrons. The number of hydrogen-bond donors (Lipinski definition) is 1. The summed E-state index contributed by atoms with van der Waals surface area (Å²) in [5.74, 6) is -0.190. The standard InChI is InChI=1S/C18H18F3NO2S/c19-18(20,21)24-14-8-4-5-9-16(14)25-17(13-6-2-1-3-7-13)15-12-22-10-11-23-15/h1-9,15,17,22H,10-12H2/t15-,17-/m0/s1. The highest BCUT2D eigenvalue weighted by molar-refractivity contribution is 7.99. The van der Waals surface area contributed by atoms with Crippen LogP contribution in [0, 0.1) is 0 Å². The second-order valence-corrected chi connectivity index (χ2v) is 6.74. The summed E-state index contributed by atoms with van der Waals surface area (Å²) in [6.45, 7) is 2.00. The predicted molar refractivity (Wildman–Crippen MR) is 90.8 cm³/mol. The van der Waals surface area contributed by atoms with Crippen LogP contribution < -0.4 is 10.1 Å². The van der Waals surface area contributed by atoms with E-state index in [1.807, 2.05) is 30.3 Å². The molecule has 0 aliphatic carbocycles. The van der Waals surface area contributed by atoms with Crippen molar-refractivity contribution >= 4 is 11.8 Å². The van der Waals surface area contributed by atoms with Crippen LogP contribution in [0.15, 0.2) is 59.5 Å². The highest BCUT2D eigenvalue weighted by Crippen LogP contribution is 2.43. The normalized spacial score (nSPS) is 19.4. The average Bonchev–Trinajstić information content (AvgIpc) is 2.61. The third-order valence-corrected chi connectivity index (χ3v) is 5.17. The summed E-state index contributed by atoms with van der Waals surface area (Å²) in [6, 6.07) is 15.9. The van der Waals surface area contributed by atoms with E-state index in [2.05, 4.69) is 10.1 Å². The highest BCUT2D eigenvalue weighted by Gasteiger charge is 2.33. The molecule has 0 unspecified atom stereocenters. The molecular weight excluding hydrogens is 351 g/mol. The third-order valence-electron chi connectivity index (χ3n) is 3.75. The van der Waals surface area contributed by atoms with E-state index in [0.29, 0.717) is 18.0 Å². The molecule has 3 rings (SSSR count). The molecule has 1 N–H and O–H groups in total. The Morgan fingerprint density at radius 1 is 1.08 bits per heavy atom. The Kier molecular flexibility index (Phi) is 5.88. The minimum Gasteiger partial charge on any atom is -0.405 e. The molecule has 2 aromatic carbocycles. The van der Waals surface area contributed by atoms with Crippen LogP contribution in [0.3, 0.4) is 0 Å². The van der Waals surface area contributed by atoms with E-state index in [1.165, 1.54) is 23.9 Å². The van der Waals surface area contributed by atoms with Crippen LogP contribution in [0.2, 0.25) is 0 Å². The van der Waals surface area contributed by atoms with Crippen molar-refractivity contribution in [2.75, 3.05) is 19.7 Å². The average molecular weight is 369 g/mol. The second kappa shape index (κ2) is 8.12. The zero-order valence-corrected chi connectivity index (χ0v) is 14.1. The second-order valence-electron chi connectivity index (χ2n) is 5.56. The number of rotatable bonds is 5. The van der Waals surface area contributed by atoms with Gasteiger partial charge in [0.1, 0.15) is 5.75 Å². The highest BCUT2D eigenvalue weighted by atomic mass is 32.2. The van der Waals surface area contributed by atoms with Crippen molar-refractivity contribution in [3.63, 3.8) is 0 Å². The Morgan fingerprint density at radius 3 is 2.48 bits per heavy atom. The van der Waals surface area contributed by atoms with Crippen LogP contribution in [-0.4, -0.2) is 32.2 Å².